The van der Waals surface area contributed by atoms with Crippen LogP contribution in [-0.4, -0.2) is 87.5 Å². The molecule has 2 heterocycles. The van der Waals surface area contributed by atoms with Gasteiger partial charge in [-0.3, -0.25) is 24.0 Å². The predicted molar refractivity (Wildman–Crippen MR) is 195 cm³/mol. The average molecular weight is 721 g/mol. The lowest BCUT2D eigenvalue weighted by Crippen LogP contribution is -2.61. The quantitative estimate of drug-likeness (QED) is 0.0531. The van der Waals surface area contributed by atoms with Gasteiger partial charge in [0.05, 0.1) is 6.04 Å². The molecular weight excluding hydrogens is 665 g/mol. The van der Waals surface area contributed by atoms with Gasteiger partial charge < -0.3 is 26.2 Å². The normalized spacial score (nSPS) is 18.0. The number of thiazole rings is 1. The van der Waals surface area contributed by atoms with E-state index in [1.165, 1.54) is 40.3 Å². The second-order valence-electron chi connectivity index (χ2n) is 14.2. The van der Waals surface area contributed by atoms with Gasteiger partial charge in [-0.1, -0.05) is 80.7 Å². The first-order valence-corrected chi connectivity index (χ1v) is 19.1. The molecule has 5 atom stereocenters. The van der Waals surface area contributed by atoms with Crippen LogP contribution in [0.1, 0.15) is 97.3 Å². The van der Waals surface area contributed by atoms with Crippen LogP contribution in [-0.2, 0) is 19.2 Å². The highest BCUT2D eigenvalue weighted by molar-refractivity contribution is 8.00. The number of nitrogens with one attached hydrogen (secondary N) is 4. The van der Waals surface area contributed by atoms with Crippen LogP contribution in [0.25, 0.3) is 0 Å². The fourth-order valence-electron chi connectivity index (χ4n) is 5.74. The van der Waals surface area contributed by atoms with Crippen molar-refractivity contribution in [3.63, 3.8) is 0 Å². The van der Waals surface area contributed by atoms with Gasteiger partial charge in [-0.2, -0.15) is 0 Å². The van der Waals surface area contributed by atoms with E-state index in [0.29, 0.717) is 12.2 Å². The summed E-state index contributed by atoms with van der Waals surface area (Å²) < 4.78 is 0. The van der Waals surface area contributed by atoms with Gasteiger partial charge in [-0.25, -0.2) is 9.78 Å². The first kappa shape index (κ1) is 41.9. The molecule has 1 aromatic heterocycles. The molecule has 0 bridgehead atoms. The van der Waals surface area contributed by atoms with Crippen molar-refractivity contribution in [2.75, 3.05) is 18.8 Å². The Morgan fingerprint density at radius 3 is 2.31 bits per heavy atom. The first-order valence-electron chi connectivity index (χ1n) is 17.2. The van der Waals surface area contributed by atoms with Crippen molar-refractivity contribution in [2.45, 2.75) is 111 Å². The van der Waals surface area contributed by atoms with Crippen molar-refractivity contribution < 1.29 is 28.8 Å². The summed E-state index contributed by atoms with van der Waals surface area (Å²) >= 11 is 2.40. The molecule has 1 unspecified atom stereocenters. The summed E-state index contributed by atoms with van der Waals surface area (Å²) in [4.78, 5) is 86.4. The summed E-state index contributed by atoms with van der Waals surface area (Å²) in [5, 5.41) is 11.7. The number of aromatic nitrogens is 1. The number of likely N-dealkylation sites (tertiary alicyclic amines) is 1. The van der Waals surface area contributed by atoms with Crippen LogP contribution in [0.5, 0.6) is 0 Å². The molecule has 1 aromatic rings. The molecule has 274 valence electrons. The Labute approximate surface area is 299 Å². The number of urea groups is 1. The maximum Gasteiger partial charge on any atom is 0.316 e. The SMILES string of the molecule is C=CCNC(=O)C(=O)C(NC(=O)[C@@H]1[C@@H](C(C)C)CCN1C(=O)[C@@H](NC(=O)N[C@H](C(=O)c1nccs1)C(C)C)C(C)(C)C)SCCCCCC. The van der Waals surface area contributed by atoms with E-state index in [1.54, 1.807) is 5.38 Å². The van der Waals surface area contributed by atoms with Crippen LogP contribution in [0.3, 0.4) is 0 Å². The standard InChI is InChI=1S/C35H56N6O6S2/c1-10-12-13-14-19-48-32(27(43)30(45)36-16-11-2)40-29(44)25-23(21(3)4)15-18-41(25)33(46)28(35(7,8)9)39-34(47)38-24(22(5)6)26(42)31-37-17-20-49-31/h11,17,20-25,28,32H,2,10,12-16,18-19H2,1,3-9H3,(H,36,45)(H,40,44)(H2,38,39,47)/t23-,24+,25+,28-,32?/m1/s1. The maximum absolute atomic E-state index is 14.4. The third-order valence-corrected chi connectivity index (χ3v) is 10.5. The minimum Gasteiger partial charge on any atom is -0.346 e. The molecule has 2 rings (SSSR count). The van der Waals surface area contributed by atoms with Gasteiger partial charge in [0.25, 0.3) is 11.7 Å². The molecule has 1 aliphatic heterocycles. The summed E-state index contributed by atoms with van der Waals surface area (Å²) in [6, 6.07) is -3.53. The molecule has 4 N–H and O–H groups in total. The Bertz CT molecular complexity index is 1300. The lowest BCUT2D eigenvalue weighted by atomic mass is 9.84. The molecular formula is C35H56N6O6S2. The average Bonchev–Trinajstić information content (AvgIpc) is 3.74. The lowest BCUT2D eigenvalue weighted by Gasteiger charge is -2.37. The highest BCUT2D eigenvalue weighted by atomic mass is 32.2. The van der Waals surface area contributed by atoms with Crippen LogP contribution >= 0.6 is 23.1 Å². The molecule has 0 aromatic carbocycles. The smallest absolute Gasteiger partial charge is 0.316 e. The van der Waals surface area contributed by atoms with E-state index in [9.17, 15) is 28.8 Å². The molecule has 49 heavy (non-hydrogen) atoms. The number of nitrogens with zero attached hydrogens (tertiary/aromatic N) is 2. The van der Waals surface area contributed by atoms with E-state index in [1.807, 2.05) is 48.5 Å². The molecule has 0 saturated carbocycles. The highest BCUT2D eigenvalue weighted by Gasteiger charge is 2.48. The molecule has 0 aliphatic carbocycles. The number of unbranched alkanes of at least 4 members (excludes halogenated alkanes) is 3. The lowest BCUT2D eigenvalue weighted by molar-refractivity contribution is -0.144. The number of carbonyl (C=O) groups excluding carboxylic acids is 6. The first-order chi connectivity index (χ1) is 23.0. The van der Waals surface area contributed by atoms with Crippen LogP contribution in [0.15, 0.2) is 24.2 Å². The molecule has 5 amide bonds. The summed E-state index contributed by atoms with van der Waals surface area (Å²) in [5.41, 5.74) is -0.770. The number of ketones is 2. The third kappa shape index (κ3) is 12.2. The Kier molecular flexibility index (Phi) is 16.9. The van der Waals surface area contributed by atoms with Crippen molar-refractivity contribution in [1.29, 1.82) is 0 Å². The minimum absolute atomic E-state index is 0.0216. The highest BCUT2D eigenvalue weighted by Crippen LogP contribution is 2.34. The molecule has 14 heteroatoms. The van der Waals surface area contributed by atoms with Gasteiger partial charge in [0.15, 0.2) is 5.01 Å². The summed E-state index contributed by atoms with van der Waals surface area (Å²) in [6.07, 6.45) is 7.42. The van der Waals surface area contributed by atoms with E-state index >= 15 is 0 Å². The van der Waals surface area contributed by atoms with E-state index < -0.39 is 58.5 Å². The largest absolute Gasteiger partial charge is 0.346 e. The zero-order valence-corrected chi connectivity index (χ0v) is 31.9. The Balaban J connectivity index is 2.33. The van der Waals surface area contributed by atoms with E-state index in [2.05, 4.69) is 39.8 Å². The van der Waals surface area contributed by atoms with Gasteiger partial charge >= 0.3 is 6.03 Å². The Hall–Kier alpha value is -3.26. The number of rotatable bonds is 19. The van der Waals surface area contributed by atoms with E-state index in [0.717, 1.165) is 25.7 Å². The fourth-order valence-corrected chi connectivity index (χ4v) is 7.42. The maximum atomic E-state index is 14.4. The second-order valence-corrected chi connectivity index (χ2v) is 16.3. The second kappa shape index (κ2) is 19.8. The molecule has 12 nitrogen and oxygen atoms in total. The molecule has 0 radical (unpaired) electrons. The topological polar surface area (TPSA) is 167 Å². The minimum atomic E-state index is -1.13. The van der Waals surface area contributed by atoms with E-state index in [4.69, 9.17) is 0 Å². The van der Waals surface area contributed by atoms with Gasteiger partial charge in [0.2, 0.25) is 17.6 Å². The van der Waals surface area contributed by atoms with Crippen LogP contribution in [0.4, 0.5) is 4.79 Å². The summed E-state index contributed by atoms with van der Waals surface area (Å²) in [6.45, 7) is 19.1. The molecule has 1 aliphatic rings. The van der Waals surface area contributed by atoms with Gasteiger partial charge in [0, 0.05) is 24.7 Å². The van der Waals surface area contributed by atoms with Gasteiger partial charge in [-0.15, -0.1) is 29.7 Å². The number of Topliss-reactive ketones (excluding diaryl/α,β-unsaturated/α-hetero) is 2. The summed E-state index contributed by atoms with van der Waals surface area (Å²) in [7, 11) is 0. The molecule has 1 fully saturated rings. The van der Waals surface area contributed by atoms with Crippen LogP contribution in [0.2, 0.25) is 0 Å². The van der Waals surface area contributed by atoms with Crippen LogP contribution in [0, 0.1) is 23.2 Å². The number of hydrogen-bond acceptors (Lipinski definition) is 9. The van der Waals surface area contributed by atoms with Crippen molar-refractivity contribution in [2.24, 2.45) is 23.2 Å². The molecule has 0 spiro atoms. The monoisotopic (exact) mass is 720 g/mol. The van der Waals surface area contributed by atoms with Gasteiger partial charge in [-0.05, 0) is 41.8 Å². The number of thioether (sulfide) groups is 1. The van der Waals surface area contributed by atoms with E-state index in [-0.39, 0.29) is 41.6 Å². The van der Waals surface area contributed by atoms with Gasteiger partial charge in [0.1, 0.15) is 17.5 Å². The number of carbonyl (C=O) groups is 6. The fraction of sp³-hybridized carbons (Fsp3) is 0.686. The molecule has 1 saturated heterocycles. The summed E-state index contributed by atoms with van der Waals surface area (Å²) in [5.74, 6) is -2.76. The predicted octanol–water partition coefficient (Wildman–Crippen LogP) is 4.56. The van der Waals surface area contributed by atoms with Crippen molar-refractivity contribution in [1.82, 2.24) is 31.2 Å². The Morgan fingerprint density at radius 1 is 1.06 bits per heavy atom. The van der Waals surface area contributed by atoms with Crippen molar-refractivity contribution in [3.8, 4) is 0 Å². The number of amides is 5. The zero-order chi connectivity index (χ0) is 36.9. The Morgan fingerprint density at radius 2 is 1.76 bits per heavy atom. The third-order valence-electron chi connectivity index (χ3n) is 8.54. The van der Waals surface area contributed by atoms with Crippen molar-refractivity contribution >= 4 is 58.4 Å². The number of hydrogen-bond donors (Lipinski definition) is 4. The van der Waals surface area contributed by atoms with Crippen molar-refractivity contribution in [3.05, 3.63) is 29.2 Å². The zero-order valence-electron chi connectivity index (χ0n) is 30.3. The van der Waals surface area contributed by atoms with Crippen LogP contribution < -0.4 is 21.3 Å².